The molecule has 0 heterocycles. The molecular formula is C14H18Cl2N2O. The van der Waals surface area contributed by atoms with Gasteiger partial charge in [-0.15, -0.1) is 0 Å². The Morgan fingerprint density at radius 2 is 2.00 bits per heavy atom. The van der Waals surface area contributed by atoms with Gasteiger partial charge in [-0.3, -0.25) is 4.79 Å². The Balaban J connectivity index is 2.10. The fourth-order valence-electron chi connectivity index (χ4n) is 2.60. The first-order valence-corrected chi connectivity index (χ1v) is 7.17. The second-order valence-electron chi connectivity index (χ2n) is 5.24. The molecule has 104 valence electrons. The number of carbonyl (C=O) groups is 1. The van der Waals surface area contributed by atoms with Gasteiger partial charge in [0.05, 0.1) is 15.6 Å². The van der Waals surface area contributed by atoms with E-state index in [4.69, 9.17) is 28.9 Å². The number of benzene rings is 1. The van der Waals surface area contributed by atoms with Crippen LogP contribution in [0.1, 0.15) is 31.2 Å². The number of rotatable bonds is 3. The SMILES string of the molecule is CN(Cc1cccc(Cl)c1Cl)C(=O)C1(N)CCCC1. The number of hydrogen-bond donors (Lipinski definition) is 1. The van der Waals surface area contributed by atoms with Crippen LogP contribution in [0, 0.1) is 0 Å². The van der Waals surface area contributed by atoms with E-state index < -0.39 is 5.54 Å². The fourth-order valence-corrected chi connectivity index (χ4v) is 2.98. The van der Waals surface area contributed by atoms with Gasteiger partial charge in [-0.1, -0.05) is 48.2 Å². The number of carbonyl (C=O) groups excluding carboxylic acids is 1. The number of likely N-dealkylation sites (N-methyl/N-ethyl adjacent to an activating group) is 1. The minimum Gasteiger partial charge on any atom is -0.340 e. The van der Waals surface area contributed by atoms with Crippen LogP contribution in [0.4, 0.5) is 0 Å². The van der Waals surface area contributed by atoms with E-state index in [9.17, 15) is 4.79 Å². The van der Waals surface area contributed by atoms with E-state index in [1.807, 2.05) is 12.1 Å². The summed E-state index contributed by atoms with van der Waals surface area (Å²) in [6, 6.07) is 5.43. The van der Waals surface area contributed by atoms with Crippen molar-refractivity contribution in [2.75, 3.05) is 7.05 Å². The molecule has 1 aliphatic carbocycles. The molecule has 0 atom stereocenters. The highest BCUT2D eigenvalue weighted by Gasteiger charge is 2.38. The maximum absolute atomic E-state index is 12.4. The van der Waals surface area contributed by atoms with Gasteiger partial charge in [0, 0.05) is 13.6 Å². The summed E-state index contributed by atoms with van der Waals surface area (Å²) in [4.78, 5) is 14.0. The third-order valence-electron chi connectivity index (χ3n) is 3.71. The van der Waals surface area contributed by atoms with Crippen molar-refractivity contribution in [1.29, 1.82) is 0 Å². The minimum absolute atomic E-state index is 0.0129. The van der Waals surface area contributed by atoms with Gasteiger partial charge in [0.25, 0.3) is 0 Å². The highest BCUT2D eigenvalue weighted by Crippen LogP contribution is 2.30. The van der Waals surface area contributed by atoms with Crippen LogP contribution >= 0.6 is 23.2 Å². The first-order chi connectivity index (χ1) is 8.94. The average Bonchev–Trinajstić information content (AvgIpc) is 2.82. The van der Waals surface area contributed by atoms with Crippen molar-refractivity contribution in [3.05, 3.63) is 33.8 Å². The lowest BCUT2D eigenvalue weighted by atomic mass is 9.97. The van der Waals surface area contributed by atoms with Crippen LogP contribution in [-0.4, -0.2) is 23.4 Å². The van der Waals surface area contributed by atoms with Gasteiger partial charge in [-0.2, -0.15) is 0 Å². The molecule has 1 aliphatic rings. The Morgan fingerprint density at radius 3 is 2.63 bits per heavy atom. The minimum atomic E-state index is -0.695. The summed E-state index contributed by atoms with van der Waals surface area (Å²) in [7, 11) is 1.76. The lowest BCUT2D eigenvalue weighted by molar-refractivity contribution is -0.136. The van der Waals surface area contributed by atoms with Crippen LogP contribution in [0.5, 0.6) is 0 Å². The normalized spacial score (nSPS) is 17.5. The van der Waals surface area contributed by atoms with Gasteiger partial charge in [-0.25, -0.2) is 0 Å². The molecule has 2 N–H and O–H groups in total. The van der Waals surface area contributed by atoms with E-state index in [2.05, 4.69) is 0 Å². The maximum atomic E-state index is 12.4. The highest BCUT2D eigenvalue weighted by molar-refractivity contribution is 6.42. The molecular weight excluding hydrogens is 283 g/mol. The van der Waals surface area contributed by atoms with Crippen LogP contribution in [0.15, 0.2) is 18.2 Å². The molecule has 0 aromatic heterocycles. The molecule has 0 bridgehead atoms. The zero-order valence-electron chi connectivity index (χ0n) is 11.0. The van der Waals surface area contributed by atoms with E-state index in [1.54, 1.807) is 18.0 Å². The Morgan fingerprint density at radius 1 is 1.37 bits per heavy atom. The van der Waals surface area contributed by atoms with Crippen LogP contribution in [0.25, 0.3) is 0 Å². The molecule has 0 unspecified atom stereocenters. The summed E-state index contributed by atoms with van der Waals surface area (Å²) >= 11 is 12.1. The lowest BCUT2D eigenvalue weighted by Crippen LogP contribution is -2.52. The van der Waals surface area contributed by atoms with Crippen molar-refractivity contribution in [3.63, 3.8) is 0 Å². The Hall–Kier alpha value is -0.770. The molecule has 1 fully saturated rings. The quantitative estimate of drug-likeness (QED) is 0.931. The fraction of sp³-hybridized carbons (Fsp3) is 0.500. The van der Waals surface area contributed by atoms with E-state index in [0.717, 1.165) is 31.2 Å². The predicted molar refractivity (Wildman–Crippen MR) is 78.3 cm³/mol. The van der Waals surface area contributed by atoms with Crippen molar-refractivity contribution in [2.24, 2.45) is 5.73 Å². The topological polar surface area (TPSA) is 46.3 Å². The Labute approximate surface area is 123 Å². The van der Waals surface area contributed by atoms with Gasteiger partial charge in [0.15, 0.2) is 0 Å². The zero-order valence-corrected chi connectivity index (χ0v) is 12.5. The summed E-state index contributed by atoms with van der Waals surface area (Å²) in [6.07, 6.45) is 3.57. The number of nitrogens with zero attached hydrogens (tertiary/aromatic N) is 1. The van der Waals surface area contributed by atoms with E-state index in [0.29, 0.717) is 16.6 Å². The number of nitrogens with two attached hydrogens (primary N) is 1. The van der Waals surface area contributed by atoms with Crippen LogP contribution in [0.3, 0.4) is 0 Å². The molecule has 2 rings (SSSR count). The van der Waals surface area contributed by atoms with Crippen molar-refractivity contribution in [1.82, 2.24) is 4.90 Å². The molecule has 1 aromatic rings. The van der Waals surface area contributed by atoms with Crippen LogP contribution in [0.2, 0.25) is 10.0 Å². The summed E-state index contributed by atoms with van der Waals surface area (Å²) in [5.74, 6) is -0.0129. The molecule has 0 saturated heterocycles. The molecule has 1 saturated carbocycles. The molecule has 5 heteroatoms. The molecule has 3 nitrogen and oxygen atoms in total. The molecule has 1 amide bonds. The average molecular weight is 301 g/mol. The standard InChI is InChI=1S/C14H18Cl2N2O/c1-18(13(19)14(17)7-2-3-8-14)9-10-5-4-6-11(15)12(10)16/h4-6H,2-3,7-9,17H2,1H3. The monoisotopic (exact) mass is 300 g/mol. The number of halogens is 2. The van der Waals surface area contributed by atoms with E-state index in [1.165, 1.54) is 0 Å². The van der Waals surface area contributed by atoms with Gasteiger partial charge in [0.1, 0.15) is 0 Å². The maximum Gasteiger partial charge on any atom is 0.242 e. The first kappa shape index (κ1) is 14.6. The third-order valence-corrected chi connectivity index (χ3v) is 4.57. The molecule has 0 spiro atoms. The van der Waals surface area contributed by atoms with Crippen molar-refractivity contribution in [3.8, 4) is 0 Å². The first-order valence-electron chi connectivity index (χ1n) is 6.41. The zero-order chi connectivity index (χ0) is 14.0. The summed E-state index contributed by atoms with van der Waals surface area (Å²) in [6.45, 7) is 0.428. The van der Waals surface area contributed by atoms with Crippen molar-refractivity contribution >= 4 is 29.1 Å². The second-order valence-corrected chi connectivity index (χ2v) is 6.02. The van der Waals surface area contributed by atoms with E-state index in [-0.39, 0.29) is 5.91 Å². The van der Waals surface area contributed by atoms with Crippen molar-refractivity contribution in [2.45, 2.75) is 37.8 Å². The second kappa shape index (κ2) is 5.70. The van der Waals surface area contributed by atoms with E-state index >= 15 is 0 Å². The Bertz CT molecular complexity index is 484. The lowest BCUT2D eigenvalue weighted by Gasteiger charge is -2.29. The molecule has 19 heavy (non-hydrogen) atoms. The van der Waals surface area contributed by atoms with Crippen LogP contribution < -0.4 is 5.73 Å². The van der Waals surface area contributed by atoms with Gasteiger partial charge in [0.2, 0.25) is 5.91 Å². The van der Waals surface area contributed by atoms with Gasteiger partial charge >= 0.3 is 0 Å². The molecule has 0 aliphatic heterocycles. The Kier molecular flexibility index (Phi) is 4.39. The number of hydrogen-bond acceptors (Lipinski definition) is 2. The summed E-state index contributed by atoms with van der Waals surface area (Å²) in [5.41, 5.74) is 6.32. The van der Waals surface area contributed by atoms with Gasteiger partial charge in [-0.05, 0) is 24.5 Å². The smallest absolute Gasteiger partial charge is 0.242 e. The number of amides is 1. The van der Waals surface area contributed by atoms with Crippen molar-refractivity contribution < 1.29 is 4.79 Å². The predicted octanol–water partition coefficient (Wildman–Crippen LogP) is 3.22. The largest absolute Gasteiger partial charge is 0.340 e. The van der Waals surface area contributed by atoms with Crippen LogP contribution in [-0.2, 0) is 11.3 Å². The highest BCUT2D eigenvalue weighted by atomic mass is 35.5. The van der Waals surface area contributed by atoms with Gasteiger partial charge < -0.3 is 10.6 Å². The molecule has 1 aromatic carbocycles. The summed E-state index contributed by atoms with van der Waals surface area (Å²) in [5, 5.41) is 1.00. The molecule has 0 radical (unpaired) electrons. The third kappa shape index (κ3) is 3.04. The summed E-state index contributed by atoms with van der Waals surface area (Å²) < 4.78 is 0.